The fraction of sp³-hybridized carbons (Fsp3) is 0.632. The Balaban J connectivity index is 1.95. The third-order valence-corrected chi connectivity index (χ3v) is 6.16. The minimum atomic E-state index is -3.79. The summed E-state index contributed by atoms with van der Waals surface area (Å²) in [5, 5.41) is 13.8. The Hall–Kier alpha value is -2.20. The molecule has 0 spiro atoms. The van der Waals surface area contributed by atoms with Gasteiger partial charge in [0, 0.05) is 18.7 Å². The van der Waals surface area contributed by atoms with Gasteiger partial charge in [0.05, 0.1) is 16.9 Å². The molecular weight excluding hydrogens is 396 g/mol. The van der Waals surface area contributed by atoms with E-state index in [2.05, 4.69) is 10.2 Å². The van der Waals surface area contributed by atoms with E-state index in [1.165, 1.54) is 43.9 Å². The molecular formula is C19H30N4O5S. The van der Waals surface area contributed by atoms with Gasteiger partial charge < -0.3 is 10.2 Å². The van der Waals surface area contributed by atoms with Crippen LogP contribution in [0.2, 0.25) is 0 Å². The third kappa shape index (κ3) is 7.28. The number of nitro benzene ring substituents is 1. The molecule has 0 saturated carbocycles. The van der Waals surface area contributed by atoms with Crippen molar-refractivity contribution in [2.24, 2.45) is 0 Å². The number of aryl methyl sites for hydroxylation is 1. The quantitative estimate of drug-likeness (QED) is 0.367. The van der Waals surface area contributed by atoms with Gasteiger partial charge in [-0.2, -0.15) is 0 Å². The summed E-state index contributed by atoms with van der Waals surface area (Å²) < 4.78 is 25.4. The number of hydrogen-bond donors (Lipinski definition) is 1. The van der Waals surface area contributed by atoms with Crippen molar-refractivity contribution in [1.29, 1.82) is 0 Å². The van der Waals surface area contributed by atoms with Crippen molar-refractivity contribution in [3.63, 3.8) is 0 Å². The average Bonchev–Trinajstić information content (AvgIpc) is 2.92. The molecule has 0 unspecified atom stereocenters. The average molecular weight is 427 g/mol. The lowest BCUT2D eigenvalue weighted by Gasteiger charge is -2.23. The maximum atomic E-state index is 12.3. The minimum Gasteiger partial charge on any atom is -0.354 e. The molecule has 0 atom stereocenters. The largest absolute Gasteiger partial charge is 0.354 e. The summed E-state index contributed by atoms with van der Waals surface area (Å²) in [5.74, 6) is -0.433. The second-order valence-corrected chi connectivity index (χ2v) is 9.36. The molecule has 9 nitrogen and oxygen atoms in total. The Bertz CT molecular complexity index is 820. The van der Waals surface area contributed by atoms with Gasteiger partial charge in [0.15, 0.2) is 0 Å². The van der Waals surface area contributed by atoms with E-state index < -0.39 is 27.4 Å². The van der Waals surface area contributed by atoms with Crippen molar-refractivity contribution in [3.05, 3.63) is 33.9 Å². The van der Waals surface area contributed by atoms with Crippen LogP contribution in [0.1, 0.15) is 37.7 Å². The number of non-ortho nitro benzene ring substituents is 1. The number of anilines is 1. The number of nitrogens with zero attached hydrogens (tertiary/aromatic N) is 3. The number of carbonyl (C=O) groups is 1. The lowest BCUT2D eigenvalue weighted by atomic mass is 10.2. The van der Waals surface area contributed by atoms with E-state index in [9.17, 15) is 23.3 Å². The first-order chi connectivity index (χ1) is 13.7. The molecule has 1 heterocycles. The molecule has 0 aromatic heterocycles. The number of carbonyl (C=O) groups excluding carboxylic acids is 1. The molecule has 1 fully saturated rings. The van der Waals surface area contributed by atoms with Gasteiger partial charge in [-0.05, 0) is 51.4 Å². The summed E-state index contributed by atoms with van der Waals surface area (Å²) in [6.07, 6.45) is 6.73. The molecule has 1 aromatic rings. The number of amides is 1. The van der Waals surface area contributed by atoms with Crippen LogP contribution in [0.4, 0.5) is 11.4 Å². The van der Waals surface area contributed by atoms with E-state index in [-0.39, 0.29) is 11.4 Å². The van der Waals surface area contributed by atoms with Gasteiger partial charge in [-0.3, -0.25) is 19.2 Å². The topological polar surface area (TPSA) is 113 Å². The molecule has 2 rings (SSSR count). The molecule has 29 heavy (non-hydrogen) atoms. The van der Waals surface area contributed by atoms with Crippen LogP contribution in [0.25, 0.3) is 0 Å². The fourth-order valence-corrected chi connectivity index (χ4v) is 4.34. The molecule has 1 saturated heterocycles. The van der Waals surface area contributed by atoms with Crippen LogP contribution in [-0.2, 0) is 14.8 Å². The van der Waals surface area contributed by atoms with E-state index in [0.717, 1.165) is 36.6 Å². The van der Waals surface area contributed by atoms with Crippen molar-refractivity contribution in [2.75, 3.05) is 43.3 Å². The molecule has 0 aliphatic carbocycles. The number of sulfonamides is 1. The molecule has 1 aliphatic heterocycles. The Morgan fingerprint density at radius 1 is 1.24 bits per heavy atom. The second kappa shape index (κ2) is 10.5. The number of hydrogen-bond acceptors (Lipinski definition) is 6. The van der Waals surface area contributed by atoms with E-state index in [0.29, 0.717) is 12.1 Å². The second-order valence-electron chi connectivity index (χ2n) is 7.46. The highest BCUT2D eigenvalue weighted by atomic mass is 32.2. The van der Waals surface area contributed by atoms with E-state index >= 15 is 0 Å². The van der Waals surface area contributed by atoms with Crippen molar-refractivity contribution in [1.82, 2.24) is 10.2 Å². The first-order valence-corrected chi connectivity index (χ1v) is 11.7. The van der Waals surface area contributed by atoms with E-state index in [1.54, 1.807) is 6.92 Å². The normalized spacial score (nSPS) is 15.5. The summed E-state index contributed by atoms with van der Waals surface area (Å²) in [7, 11) is -3.79. The summed E-state index contributed by atoms with van der Waals surface area (Å²) >= 11 is 0. The number of likely N-dealkylation sites (tertiary alicyclic amines) is 1. The number of nitro groups is 1. The predicted octanol–water partition coefficient (Wildman–Crippen LogP) is 2.05. The zero-order valence-electron chi connectivity index (χ0n) is 17.1. The zero-order valence-corrected chi connectivity index (χ0v) is 17.9. The van der Waals surface area contributed by atoms with Crippen LogP contribution in [0.3, 0.4) is 0 Å². The molecule has 1 amide bonds. The highest BCUT2D eigenvalue weighted by Gasteiger charge is 2.24. The minimum absolute atomic E-state index is 0.140. The maximum Gasteiger partial charge on any atom is 0.271 e. The highest BCUT2D eigenvalue weighted by Crippen LogP contribution is 2.27. The maximum absolute atomic E-state index is 12.3. The van der Waals surface area contributed by atoms with Crippen LogP contribution >= 0.6 is 0 Å². The van der Waals surface area contributed by atoms with Gasteiger partial charge in [0.2, 0.25) is 15.9 Å². The molecule has 1 N–H and O–H groups in total. The Kier molecular flexibility index (Phi) is 8.39. The summed E-state index contributed by atoms with van der Waals surface area (Å²) in [4.78, 5) is 25.2. The fourth-order valence-electron chi connectivity index (χ4n) is 3.44. The number of rotatable bonds is 9. The van der Waals surface area contributed by atoms with Gasteiger partial charge in [0.1, 0.15) is 6.54 Å². The summed E-state index contributed by atoms with van der Waals surface area (Å²) in [6, 6.07) is 3.97. The summed E-state index contributed by atoms with van der Waals surface area (Å²) in [6.45, 7) is 4.77. The van der Waals surface area contributed by atoms with Crippen LogP contribution in [0.5, 0.6) is 0 Å². The highest BCUT2D eigenvalue weighted by molar-refractivity contribution is 7.92. The summed E-state index contributed by atoms with van der Waals surface area (Å²) in [5.41, 5.74) is 0.452. The van der Waals surface area contributed by atoms with E-state index in [4.69, 9.17) is 0 Å². The van der Waals surface area contributed by atoms with Crippen molar-refractivity contribution in [3.8, 4) is 0 Å². The smallest absolute Gasteiger partial charge is 0.271 e. The lowest BCUT2D eigenvalue weighted by Crippen LogP contribution is -2.41. The van der Waals surface area contributed by atoms with Gasteiger partial charge >= 0.3 is 0 Å². The number of benzene rings is 1. The molecule has 10 heteroatoms. The standard InChI is InChI=1S/C19H30N4O5S/c1-16-8-9-17(23(25)26)14-18(16)22(29(2,27)28)15-19(24)20-10-7-13-21-11-5-3-4-6-12-21/h8-9,14H,3-7,10-13,15H2,1-2H3,(H,20,24). The predicted molar refractivity (Wildman–Crippen MR) is 113 cm³/mol. The Morgan fingerprint density at radius 3 is 2.48 bits per heavy atom. The van der Waals surface area contributed by atoms with Gasteiger partial charge in [-0.15, -0.1) is 0 Å². The first kappa shape index (κ1) is 23.1. The van der Waals surface area contributed by atoms with Crippen LogP contribution in [-0.4, -0.2) is 63.1 Å². The van der Waals surface area contributed by atoms with Gasteiger partial charge in [0.25, 0.3) is 5.69 Å². The van der Waals surface area contributed by atoms with E-state index in [1.807, 2.05) is 0 Å². The molecule has 0 radical (unpaired) electrons. The van der Waals surface area contributed by atoms with Crippen molar-refractivity contribution < 1.29 is 18.1 Å². The molecule has 162 valence electrons. The Labute approximate surface area is 172 Å². The SMILES string of the molecule is Cc1ccc([N+](=O)[O-])cc1N(CC(=O)NCCCN1CCCCCC1)S(C)(=O)=O. The first-order valence-electron chi connectivity index (χ1n) is 9.90. The molecule has 1 aliphatic rings. The zero-order chi connectivity index (χ0) is 21.4. The van der Waals surface area contributed by atoms with Crippen molar-refractivity contribution in [2.45, 2.75) is 39.0 Å². The van der Waals surface area contributed by atoms with Crippen molar-refractivity contribution >= 4 is 27.3 Å². The van der Waals surface area contributed by atoms with Crippen LogP contribution in [0.15, 0.2) is 18.2 Å². The van der Waals surface area contributed by atoms with Gasteiger partial charge in [-0.1, -0.05) is 18.9 Å². The monoisotopic (exact) mass is 426 g/mol. The Morgan fingerprint density at radius 2 is 1.90 bits per heavy atom. The molecule has 0 bridgehead atoms. The third-order valence-electron chi connectivity index (χ3n) is 5.03. The van der Waals surface area contributed by atoms with Crippen LogP contribution in [0, 0.1) is 17.0 Å². The lowest BCUT2D eigenvalue weighted by molar-refractivity contribution is -0.384. The number of nitrogens with one attached hydrogen (secondary N) is 1. The molecule has 1 aromatic carbocycles. The van der Waals surface area contributed by atoms with Gasteiger partial charge in [-0.25, -0.2) is 8.42 Å². The van der Waals surface area contributed by atoms with Crippen LogP contribution < -0.4 is 9.62 Å².